The maximum atomic E-state index is 15.0. The van der Waals surface area contributed by atoms with Crippen molar-refractivity contribution >= 4 is 15.8 Å². The molecule has 2 bridgehead atoms. The molecular weight excluding hydrogens is 526 g/mol. The van der Waals surface area contributed by atoms with E-state index in [2.05, 4.69) is 4.74 Å². The van der Waals surface area contributed by atoms with Gasteiger partial charge in [0, 0.05) is 11.8 Å². The van der Waals surface area contributed by atoms with Crippen LogP contribution in [-0.4, -0.2) is 49.0 Å². The van der Waals surface area contributed by atoms with Crippen LogP contribution in [0, 0.1) is 17.7 Å². The summed E-state index contributed by atoms with van der Waals surface area (Å²) < 4.78 is 164. The summed E-state index contributed by atoms with van der Waals surface area (Å²) in [6.07, 6.45) is -5.55. The van der Waals surface area contributed by atoms with Gasteiger partial charge in [0.05, 0.1) is 6.61 Å². The van der Waals surface area contributed by atoms with Crippen LogP contribution < -0.4 is 0 Å². The molecule has 1 aromatic carbocycles. The van der Waals surface area contributed by atoms with E-state index in [9.17, 15) is 57.1 Å². The minimum Gasteiger partial charge on any atom is -0.465 e. The molecule has 0 aliphatic heterocycles. The van der Waals surface area contributed by atoms with Crippen molar-refractivity contribution in [2.24, 2.45) is 11.8 Å². The second-order valence-electron chi connectivity index (χ2n) is 8.10. The number of fused-ring (bicyclic) bond motifs is 2. The highest BCUT2D eigenvalue weighted by atomic mass is 32.2. The molecule has 15 heteroatoms. The van der Waals surface area contributed by atoms with Crippen LogP contribution in [-0.2, 0) is 19.4 Å². The number of esters is 1. The van der Waals surface area contributed by atoms with Crippen molar-refractivity contribution in [3.8, 4) is 0 Å². The van der Waals surface area contributed by atoms with E-state index >= 15 is 0 Å². The molecule has 0 amide bonds. The zero-order valence-electron chi connectivity index (χ0n) is 17.4. The molecule has 0 unspecified atom stereocenters. The van der Waals surface area contributed by atoms with Crippen LogP contribution in [0.4, 0.5) is 43.9 Å². The van der Waals surface area contributed by atoms with Crippen LogP contribution in [0.25, 0.3) is 0 Å². The maximum Gasteiger partial charge on any atom is 0.460 e. The van der Waals surface area contributed by atoms with Gasteiger partial charge in [0.1, 0.15) is 5.82 Å². The standard InChI is InChI=1S/C20H16F10O4S/c1-2-34-15(31)16(12-6-3-11(9-12)14(16)10-4-7-13(21)8-5-10)35(32,33)20(29,30)18(24,25)17(22,23)19(26,27)28/h3-8,11-12,14H,2,9H2,1H3/t11-,12+,14-,16-/m1/s1. The number of rotatable bonds is 7. The minimum absolute atomic E-state index is 0.332. The number of alkyl halides is 9. The van der Waals surface area contributed by atoms with Crippen molar-refractivity contribution in [2.75, 3.05) is 6.61 Å². The molecule has 0 N–H and O–H groups in total. The Morgan fingerprint density at radius 3 is 2.00 bits per heavy atom. The van der Waals surface area contributed by atoms with E-state index < -0.39 is 80.4 Å². The molecule has 1 aromatic rings. The van der Waals surface area contributed by atoms with E-state index in [1.807, 2.05) is 0 Å². The van der Waals surface area contributed by atoms with E-state index in [0.717, 1.165) is 37.3 Å². The lowest BCUT2D eigenvalue weighted by Crippen LogP contribution is -2.69. The zero-order valence-corrected chi connectivity index (χ0v) is 18.2. The fourth-order valence-electron chi connectivity index (χ4n) is 4.75. The summed E-state index contributed by atoms with van der Waals surface area (Å²) in [5, 5.41) is -7.09. The third-order valence-corrected chi connectivity index (χ3v) is 8.82. The molecule has 196 valence electrons. The number of ether oxygens (including phenoxy) is 1. The van der Waals surface area contributed by atoms with Crippen molar-refractivity contribution in [1.29, 1.82) is 0 Å². The Labute approximate surface area is 191 Å². The van der Waals surface area contributed by atoms with Crippen molar-refractivity contribution in [3.05, 3.63) is 47.8 Å². The van der Waals surface area contributed by atoms with Crippen molar-refractivity contribution < 1.29 is 61.9 Å². The number of allylic oxidation sites excluding steroid dienone is 2. The first-order chi connectivity index (χ1) is 15.8. The Hall–Kier alpha value is -2.32. The SMILES string of the molecule is CCOC(=O)[C@]1(S(=O)(=O)C(F)(F)C(F)(F)C(F)(F)C(F)(F)F)[C@H](c2ccc(F)cc2)[C@@H]2C=C[C@H]1C2. The minimum atomic E-state index is -7.52. The summed E-state index contributed by atoms with van der Waals surface area (Å²) in [5.41, 5.74) is -0.332. The first-order valence-corrected chi connectivity index (χ1v) is 11.4. The molecule has 0 spiro atoms. The van der Waals surface area contributed by atoms with Crippen molar-refractivity contribution in [2.45, 2.75) is 47.3 Å². The van der Waals surface area contributed by atoms with Gasteiger partial charge in [-0.25, -0.2) is 12.8 Å². The quantitative estimate of drug-likeness (QED) is 0.268. The average Bonchev–Trinajstić information content (AvgIpc) is 3.34. The summed E-state index contributed by atoms with van der Waals surface area (Å²) in [5.74, 6) is -22.9. The van der Waals surface area contributed by atoms with E-state index in [4.69, 9.17) is 0 Å². The lowest BCUT2D eigenvalue weighted by Gasteiger charge is -2.43. The van der Waals surface area contributed by atoms with Crippen molar-refractivity contribution in [1.82, 2.24) is 0 Å². The normalized spacial score (nSPS) is 27.3. The monoisotopic (exact) mass is 542 g/mol. The predicted molar refractivity (Wildman–Crippen MR) is 99.1 cm³/mol. The van der Waals surface area contributed by atoms with Crippen LogP contribution in [0.15, 0.2) is 36.4 Å². The topological polar surface area (TPSA) is 60.4 Å². The van der Waals surface area contributed by atoms with Gasteiger partial charge >= 0.3 is 29.2 Å². The number of benzene rings is 1. The Morgan fingerprint density at radius 2 is 1.51 bits per heavy atom. The van der Waals surface area contributed by atoms with Gasteiger partial charge in [-0.2, -0.15) is 39.5 Å². The van der Waals surface area contributed by atoms with Gasteiger partial charge in [0.25, 0.3) is 0 Å². The largest absolute Gasteiger partial charge is 0.465 e. The molecule has 0 saturated heterocycles. The zero-order chi connectivity index (χ0) is 26.8. The van der Waals surface area contributed by atoms with Crippen LogP contribution in [0.1, 0.15) is 24.8 Å². The van der Waals surface area contributed by atoms with E-state index in [-0.39, 0.29) is 5.56 Å². The van der Waals surface area contributed by atoms with E-state index in [0.29, 0.717) is 0 Å². The summed E-state index contributed by atoms with van der Waals surface area (Å²) in [7, 11) is -7.24. The summed E-state index contributed by atoms with van der Waals surface area (Å²) in [6.45, 7) is 0.423. The van der Waals surface area contributed by atoms with Gasteiger partial charge in [-0.05, 0) is 37.0 Å². The highest BCUT2D eigenvalue weighted by Gasteiger charge is 2.89. The summed E-state index contributed by atoms with van der Waals surface area (Å²) in [4.78, 5) is 13.0. The molecule has 2 aliphatic rings. The molecule has 0 radical (unpaired) electrons. The molecule has 4 nitrogen and oxygen atoms in total. The lowest BCUT2D eigenvalue weighted by atomic mass is 9.77. The van der Waals surface area contributed by atoms with Crippen LogP contribution in [0.2, 0.25) is 0 Å². The Balaban J connectivity index is 2.34. The molecule has 0 heterocycles. The molecule has 1 saturated carbocycles. The van der Waals surface area contributed by atoms with Crippen molar-refractivity contribution in [3.63, 3.8) is 0 Å². The van der Waals surface area contributed by atoms with Crippen LogP contribution in [0.5, 0.6) is 0 Å². The number of hydrogen-bond acceptors (Lipinski definition) is 4. The molecule has 35 heavy (non-hydrogen) atoms. The Morgan fingerprint density at radius 1 is 0.971 bits per heavy atom. The highest BCUT2D eigenvalue weighted by molar-refractivity contribution is 7.94. The van der Waals surface area contributed by atoms with Gasteiger partial charge < -0.3 is 4.74 Å². The second kappa shape index (κ2) is 8.10. The fraction of sp³-hybridized carbons (Fsp3) is 0.550. The average molecular weight is 542 g/mol. The third kappa shape index (κ3) is 3.39. The first kappa shape index (κ1) is 27.3. The molecule has 1 fully saturated rings. The lowest BCUT2D eigenvalue weighted by molar-refractivity contribution is -0.382. The maximum absolute atomic E-state index is 15.0. The van der Waals surface area contributed by atoms with Gasteiger partial charge in [-0.3, -0.25) is 4.79 Å². The summed E-state index contributed by atoms with van der Waals surface area (Å²) in [6, 6.07) is 3.19. The van der Waals surface area contributed by atoms with Gasteiger partial charge in [-0.1, -0.05) is 24.3 Å². The molecule has 2 aliphatic carbocycles. The number of hydrogen-bond donors (Lipinski definition) is 0. The van der Waals surface area contributed by atoms with Crippen LogP contribution in [0.3, 0.4) is 0 Å². The molecule has 0 aromatic heterocycles. The smallest absolute Gasteiger partial charge is 0.460 e. The Bertz CT molecular complexity index is 1130. The third-order valence-electron chi connectivity index (χ3n) is 6.28. The van der Waals surface area contributed by atoms with Gasteiger partial charge in [0.15, 0.2) is 4.75 Å². The van der Waals surface area contributed by atoms with Crippen LogP contribution >= 0.6 is 0 Å². The first-order valence-electron chi connectivity index (χ1n) is 9.87. The molecular formula is C20H16F10O4S. The second-order valence-corrected chi connectivity index (χ2v) is 10.3. The number of halogens is 10. The number of carbonyl (C=O) groups excluding carboxylic acids is 1. The van der Waals surface area contributed by atoms with Gasteiger partial charge in [0.2, 0.25) is 9.84 Å². The van der Waals surface area contributed by atoms with E-state index in [1.165, 1.54) is 6.08 Å². The van der Waals surface area contributed by atoms with Gasteiger partial charge in [-0.15, -0.1) is 0 Å². The molecule has 3 rings (SSSR count). The van der Waals surface area contributed by atoms with E-state index in [1.54, 1.807) is 0 Å². The summed E-state index contributed by atoms with van der Waals surface area (Å²) >= 11 is 0. The number of sulfone groups is 1. The molecule has 4 atom stereocenters. The number of carbonyl (C=O) groups is 1. The fourth-order valence-corrected chi connectivity index (χ4v) is 7.13. The Kier molecular flexibility index (Phi) is 6.31. The predicted octanol–water partition coefficient (Wildman–Crippen LogP) is 5.26. The highest BCUT2D eigenvalue weighted by Crippen LogP contribution is 2.65.